The number of hydrogen-bond acceptors (Lipinski definition) is 1. The van der Waals surface area contributed by atoms with E-state index in [4.69, 9.17) is 5.11 Å². The summed E-state index contributed by atoms with van der Waals surface area (Å²) in [6.07, 6.45) is 0.590. The van der Waals surface area contributed by atoms with Crippen LogP contribution in [0.2, 0.25) is 0 Å². The average molecular weight is 271 g/mol. The number of rotatable bonds is 4. The number of hydrogen-bond donors (Lipinski definition) is 1. The molecule has 1 unspecified atom stereocenters. The fourth-order valence-electron chi connectivity index (χ4n) is 1.53. The molecule has 0 heterocycles. The van der Waals surface area contributed by atoms with E-state index in [-0.39, 0.29) is 11.8 Å². The highest BCUT2D eigenvalue weighted by atomic mass is 79.9. The molecule has 1 N–H and O–H groups in total. The summed E-state index contributed by atoms with van der Waals surface area (Å²) in [5.41, 5.74) is 1.06. The zero-order valence-corrected chi connectivity index (χ0v) is 10.5. The van der Waals surface area contributed by atoms with Gasteiger partial charge in [0.25, 0.3) is 0 Å². The largest absolute Gasteiger partial charge is 0.481 e. The lowest BCUT2D eigenvalue weighted by molar-refractivity contribution is -0.143. The summed E-state index contributed by atoms with van der Waals surface area (Å²) in [5.74, 6) is -0.870. The second-order valence-electron chi connectivity index (χ2n) is 4.02. The molecule has 3 heteroatoms. The van der Waals surface area contributed by atoms with Crippen LogP contribution in [0.4, 0.5) is 0 Å². The normalized spacial score (nSPS) is 12.8. The Bertz CT molecular complexity index is 347. The molecule has 0 bridgehead atoms. The van der Waals surface area contributed by atoms with Gasteiger partial charge in [0.1, 0.15) is 0 Å². The molecule has 0 aliphatic rings. The molecule has 0 radical (unpaired) electrons. The van der Waals surface area contributed by atoms with Gasteiger partial charge < -0.3 is 5.11 Å². The second kappa shape index (κ2) is 5.31. The molecule has 1 rings (SSSR count). The van der Waals surface area contributed by atoms with Crippen molar-refractivity contribution >= 4 is 21.9 Å². The topological polar surface area (TPSA) is 37.3 Å². The van der Waals surface area contributed by atoms with E-state index in [0.717, 1.165) is 10.0 Å². The molecule has 82 valence electrons. The number of aliphatic carboxylic acids is 1. The molecular formula is C12H15BrO2. The average Bonchev–Trinajstić information content (AvgIpc) is 2.13. The van der Waals surface area contributed by atoms with Gasteiger partial charge in [0.2, 0.25) is 0 Å². The van der Waals surface area contributed by atoms with Gasteiger partial charge in [-0.15, -0.1) is 0 Å². The van der Waals surface area contributed by atoms with Crippen LogP contribution in [0.1, 0.15) is 19.4 Å². The highest BCUT2D eigenvalue weighted by Crippen LogP contribution is 2.20. The summed E-state index contributed by atoms with van der Waals surface area (Å²) in [6.45, 7) is 3.88. The Morgan fingerprint density at radius 1 is 1.47 bits per heavy atom. The first-order chi connectivity index (χ1) is 7.00. The maximum atomic E-state index is 11.0. The van der Waals surface area contributed by atoms with Crippen molar-refractivity contribution in [3.05, 3.63) is 34.3 Å². The first kappa shape index (κ1) is 12.2. The summed E-state index contributed by atoms with van der Waals surface area (Å²) in [4.78, 5) is 11.0. The summed E-state index contributed by atoms with van der Waals surface area (Å²) >= 11 is 3.38. The van der Waals surface area contributed by atoms with Gasteiger partial charge in [-0.25, -0.2) is 0 Å². The minimum Gasteiger partial charge on any atom is -0.481 e. The van der Waals surface area contributed by atoms with Crippen LogP contribution in [0.15, 0.2) is 28.7 Å². The molecule has 15 heavy (non-hydrogen) atoms. The van der Waals surface area contributed by atoms with Crippen LogP contribution < -0.4 is 0 Å². The van der Waals surface area contributed by atoms with Crippen molar-refractivity contribution in [2.75, 3.05) is 0 Å². The minimum atomic E-state index is -0.718. The Morgan fingerprint density at radius 3 is 2.60 bits per heavy atom. The van der Waals surface area contributed by atoms with Crippen molar-refractivity contribution in [1.82, 2.24) is 0 Å². The van der Waals surface area contributed by atoms with Crippen LogP contribution in [0.25, 0.3) is 0 Å². The fraction of sp³-hybridized carbons (Fsp3) is 0.417. The van der Waals surface area contributed by atoms with Crippen LogP contribution >= 0.6 is 15.9 Å². The molecule has 0 amide bonds. The van der Waals surface area contributed by atoms with Crippen LogP contribution in [0.5, 0.6) is 0 Å². The van der Waals surface area contributed by atoms with Gasteiger partial charge in [0.05, 0.1) is 5.92 Å². The van der Waals surface area contributed by atoms with Crippen LogP contribution in [-0.4, -0.2) is 11.1 Å². The Morgan fingerprint density at radius 2 is 2.13 bits per heavy atom. The standard InChI is InChI=1S/C12H15BrO2/c1-8(2)11(12(14)15)7-9-4-3-5-10(13)6-9/h3-6,8,11H,7H2,1-2H3,(H,14,15). The van der Waals surface area contributed by atoms with Gasteiger partial charge in [-0.3, -0.25) is 4.79 Å². The fourth-order valence-corrected chi connectivity index (χ4v) is 1.97. The van der Waals surface area contributed by atoms with E-state index in [2.05, 4.69) is 15.9 Å². The molecule has 0 aromatic heterocycles. The third kappa shape index (κ3) is 3.67. The third-order valence-electron chi connectivity index (χ3n) is 2.47. The molecular weight excluding hydrogens is 256 g/mol. The van der Waals surface area contributed by atoms with Crippen LogP contribution in [0.3, 0.4) is 0 Å². The Kier molecular flexibility index (Phi) is 4.33. The minimum absolute atomic E-state index is 0.154. The monoisotopic (exact) mass is 270 g/mol. The predicted octanol–water partition coefficient (Wildman–Crippen LogP) is 3.35. The Balaban J connectivity index is 2.79. The molecule has 2 nitrogen and oxygen atoms in total. The smallest absolute Gasteiger partial charge is 0.307 e. The van der Waals surface area contributed by atoms with Crippen molar-refractivity contribution in [2.24, 2.45) is 11.8 Å². The lowest BCUT2D eigenvalue weighted by Crippen LogP contribution is -2.22. The van der Waals surface area contributed by atoms with E-state index in [0.29, 0.717) is 6.42 Å². The first-order valence-electron chi connectivity index (χ1n) is 4.98. The molecule has 0 aliphatic carbocycles. The van der Waals surface area contributed by atoms with E-state index < -0.39 is 5.97 Å². The van der Waals surface area contributed by atoms with E-state index >= 15 is 0 Å². The van der Waals surface area contributed by atoms with Crippen molar-refractivity contribution in [1.29, 1.82) is 0 Å². The van der Waals surface area contributed by atoms with Crippen molar-refractivity contribution in [3.63, 3.8) is 0 Å². The Hall–Kier alpha value is -0.830. The van der Waals surface area contributed by atoms with Gasteiger partial charge in [0, 0.05) is 4.47 Å². The molecule has 1 aromatic carbocycles. The number of benzene rings is 1. The molecule has 0 saturated carbocycles. The van der Waals surface area contributed by atoms with Gasteiger partial charge in [0.15, 0.2) is 0 Å². The van der Waals surface area contributed by atoms with Crippen molar-refractivity contribution in [2.45, 2.75) is 20.3 Å². The summed E-state index contributed by atoms with van der Waals surface area (Å²) in [7, 11) is 0. The molecule has 0 spiro atoms. The van der Waals surface area contributed by atoms with Crippen molar-refractivity contribution in [3.8, 4) is 0 Å². The number of carboxylic acid groups (broad SMARTS) is 1. The maximum absolute atomic E-state index is 11.0. The number of carbonyl (C=O) groups is 1. The quantitative estimate of drug-likeness (QED) is 0.911. The SMILES string of the molecule is CC(C)C(Cc1cccc(Br)c1)C(=O)O. The van der Waals surface area contributed by atoms with E-state index in [1.165, 1.54) is 0 Å². The van der Waals surface area contributed by atoms with Crippen LogP contribution in [-0.2, 0) is 11.2 Å². The van der Waals surface area contributed by atoms with Gasteiger partial charge in [-0.2, -0.15) is 0 Å². The number of halogens is 1. The van der Waals surface area contributed by atoms with Gasteiger partial charge in [-0.1, -0.05) is 41.9 Å². The highest BCUT2D eigenvalue weighted by Gasteiger charge is 2.21. The number of carboxylic acids is 1. The first-order valence-corrected chi connectivity index (χ1v) is 5.77. The van der Waals surface area contributed by atoms with E-state index in [1.54, 1.807) is 0 Å². The van der Waals surface area contributed by atoms with Gasteiger partial charge in [-0.05, 0) is 30.0 Å². The Labute approximate surface area is 98.4 Å². The summed E-state index contributed by atoms with van der Waals surface area (Å²) in [6, 6.07) is 7.80. The molecule has 1 aromatic rings. The van der Waals surface area contributed by atoms with Gasteiger partial charge >= 0.3 is 5.97 Å². The second-order valence-corrected chi connectivity index (χ2v) is 4.94. The lowest BCUT2D eigenvalue weighted by Gasteiger charge is -2.16. The summed E-state index contributed by atoms with van der Waals surface area (Å²) < 4.78 is 0.993. The lowest BCUT2D eigenvalue weighted by atomic mass is 9.89. The molecule has 0 aliphatic heterocycles. The molecule has 0 saturated heterocycles. The zero-order valence-electron chi connectivity index (χ0n) is 8.90. The molecule has 0 fully saturated rings. The molecule has 1 atom stereocenters. The third-order valence-corrected chi connectivity index (χ3v) is 2.96. The zero-order chi connectivity index (χ0) is 11.4. The van der Waals surface area contributed by atoms with Crippen molar-refractivity contribution < 1.29 is 9.90 Å². The van der Waals surface area contributed by atoms with E-state index in [1.807, 2.05) is 38.1 Å². The van der Waals surface area contributed by atoms with Crippen LogP contribution in [0, 0.1) is 11.8 Å². The predicted molar refractivity (Wildman–Crippen MR) is 63.8 cm³/mol. The summed E-state index contributed by atoms with van der Waals surface area (Å²) in [5, 5.41) is 9.06. The highest BCUT2D eigenvalue weighted by molar-refractivity contribution is 9.10. The van der Waals surface area contributed by atoms with E-state index in [9.17, 15) is 4.79 Å². The maximum Gasteiger partial charge on any atom is 0.307 e.